The van der Waals surface area contributed by atoms with E-state index in [1.54, 1.807) is 5.92 Å². The predicted molar refractivity (Wildman–Crippen MR) is 34.8 cm³/mol. The number of rotatable bonds is 0. The Morgan fingerprint density at radius 3 is 2.62 bits per heavy atom. The number of hydrogen-bond donors (Lipinski definition) is 0. The first-order valence-electron chi connectivity index (χ1n) is 3.35. The normalized spacial score (nSPS) is 46.1. The van der Waals surface area contributed by atoms with Crippen LogP contribution in [-0.2, 0) is 0 Å². The second-order valence-electron chi connectivity index (χ2n) is 2.97. The molecule has 0 N–H and O–H groups in total. The number of alkyl halides is 1. The standard InChI is InChI=1S/C7H10Cl/c8-7-4-5-1-2-6(7)3-5/h5,7H,1-4H2. The molecule has 2 atom stereocenters. The minimum atomic E-state index is 0.466. The fourth-order valence-electron chi connectivity index (χ4n) is 1.91. The number of hydrogen-bond acceptors (Lipinski definition) is 0. The summed E-state index contributed by atoms with van der Waals surface area (Å²) in [5.74, 6) is 2.61. The molecule has 0 spiro atoms. The molecule has 0 aliphatic heterocycles. The van der Waals surface area contributed by atoms with E-state index in [9.17, 15) is 0 Å². The molecule has 1 heteroatoms. The summed E-state index contributed by atoms with van der Waals surface area (Å²) in [7, 11) is 0. The topological polar surface area (TPSA) is 0 Å². The van der Waals surface area contributed by atoms with Crippen molar-refractivity contribution in [1.29, 1.82) is 0 Å². The van der Waals surface area contributed by atoms with Crippen LogP contribution in [0.25, 0.3) is 0 Å². The molecular formula is C7H10Cl. The maximum Gasteiger partial charge on any atom is 0.0400 e. The third-order valence-electron chi connectivity index (χ3n) is 2.41. The average molecular weight is 130 g/mol. The van der Waals surface area contributed by atoms with Crippen molar-refractivity contribution in [2.75, 3.05) is 0 Å². The highest BCUT2D eigenvalue weighted by atomic mass is 35.5. The first-order chi connectivity index (χ1) is 3.86. The van der Waals surface area contributed by atoms with E-state index in [0.717, 1.165) is 5.92 Å². The molecule has 0 nitrogen and oxygen atoms in total. The summed E-state index contributed by atoms with van der Waals surface area (Å²) in [6, 6.07) is 0. The molecule has 0 aromatic heterocycles. The second kappa shape index (κ2) is 1.63. The molecule has 0 aromatic rings. The molecule has 2 aliphatic rings. The molecule has 0 amide bonds. The van der Waals surface area contributed by atoms with Crippen molar-refractivity contribution in [3.05, 3.63) is 5.92 Å². The SMILES string of the molecule is ClC1CC2CC[C]1C2. The van der Waals surface area contributed by atoms with Gasteiger partial charge in [-0.25, -0.2) is 0 Å². The van der Waals surface area contributed by atoms with Crippen LogP contribution >= 0.6 is 11.6 Å². The Labute approximate surface area is 55.2 Å². The Morgan fingerprint density at radius 2 is 2.38 bits per heavy atom. The lowest BCUT2D eigenvalue weighted by atomic mass is 10.0. The average Bonchev–Trinajstić information content (AvgIpc) is 2.23. The summed E-state index contributed by atoms with van der Waals surface area (Å²) < 4.78 is 0. The maximum absolute atomic E-state index is 5.97. The van der Waals surface area contributed by atoms with Crippen LogP contribution in [0, 0.1) is 11.8 Å². The highest BCUT2D eigenvalue weighted by Crippen LogP contribution is 2.48. The summed E-state index contributed by atoms with van der Waals surface area (Å²) in [6.07, 6.45) is 5.39. The Balaban J connectivity index is 2.11. The van der Waals surface area contributed by atoms with E-state index in [1.807, 2.05) is 0 Å². The van der Waals surface area contributed by atoms with Gasteiger partial charge in [-0.1, -0.05) is 0 Å². The Hall–Kier alpha value is 0.290. The molecule has 2 bridgehead atoms. The second-order valence-corrected chi connectivity index (χ2v) is 3.50. The van der Waals surface area contributed by atoms with Crippen LogP contribution in [0.5, 0.6) is 0 Å². The van der Waals surface area contributed by atoms with Gasteiger partial charge < -0.3 is 0 Å². The van der Waals surface area contributed by atoms with Gasteiger partial charge in [0.05, 0.1) is 0 Å². The van der Waals surface area contributed by atoms with Crippen LogP contribution in [0.4, 0.5) is 0 Å². The van der Waals surface area contributed by atoms with Crippen molar-refractivity contribution in [2.45, 2.75) is 31.1 Å². The van der Waals surface area contributed by atoms with E-state index in [2.05, 4.69) is 0 Å². The smallest absolute Gasteiger partial charge is 0.0400 e. The van der Waals surface area contributed by atoms with Crippen molar-refractivity contribution < 1.29 is 0 Å². The molecule has 2 fully saturated rings. The van der Waals surface area contributed by atoms with Gasteiger partial charge in [-0.2, -0.15) is 0 Å². The molecule has 0 aromatic carbocycles. The lowest BCUT2D eigenvalue weighted by Gasteiger charge is -2.12. The van der Waals surface area contributed by atoms with Crippen molar-refractivity contribution in [2.24, 2.45) is 5.92 Å². The summed E-state index contributed by atoms with van der Waals surface area (Å²) in [5, 5.41) is 0.466. The zero-order valence-corrected chi connectivity index (χ0v) is 5.62. The van der Waals surface area contributed by atoms with Gasteiger partial charge in [-0.15, -0.1) is 11.6 Å². The summed E-state index contributed by atoms with van der Waals surface area (Å²) in [6.45, 7) is 0. The van der Waals surface area contributed by atoms with E-state index in [4.69, 9.17) is 11.6 Å². The highest BCUT2D eigenvalue weighted by molar-refractivity contribution is 6.22. The van der Waals surface area contributed by atoms with Gasteiger partial charge in [-0.3, -0.25) is 0 Å². The predicted octanol–water partition coefficient (Wildman–Crippen LogP) is 2.37. The Morgan fingerprint density at radius 1 is 1.50 bits per heavy atom. The zero-order valence-electron chi connectivity index (χ0n) is 4.86. The van der Waals surface area contributed by atoms with Crippen LogP contribution in [0.1, 0.15) is 25.7 Å². The van der Waals surface area contributed by atoms with Crippen LogP contribution in [0.15, 0.2) is 0 Å². The summed E-state index contributed by atoms with van der Waals surface area (Å²) >= 11 is 5.97. The van der Waals surface area contributed by atoms with E-state index < -0.39 is 0 Å². The first-order valence-corrected chi connectivity index (χ1v) is 3.78. The molecule has 45 valence electrons. The highest BCUT2D eigenvalue weighted by Gasteiger charge is 2.38. The van der Waals surface area contributed by atoms with Crippen LogP contribution in [0.3, 0.4) is 0 Å². The zero-order chi connectivity index (χ0) is 5.56. The van der Waals surface area contributed by atoms with Crippen LogP contribution < -0.4 is 0 Å². The van der Waals surface area contributed by atoms with Gasteiger partial charge in [0.25, 0.3) is 0 Å². The number of fused-ring (bicyclic) bond motifs is 2. The first kappa shape index (κ1) is 5.10. The fraction of sp³-hybridized carbons (Fsp3) is 0.857. The molecule has 2 aliphatic carbocycles. The quantitative estimate of drug-likeness (QED) is 0.441. The van der Waals surface area contributed by atoms with E-state index in [-0.39, 0.29) is 0 Å². The Bertz CT molecular complexity index is 98.6. The van der Waals surface area contributed by atoms with Crippen molar-refractivity contribution in [1.82, 2.24) is 0 Å². The molecule has 1 radical (unpaired) electrons. The Kier molecular flexibility index (Phi) is 1.04. The van der Waals surface area contributed by atoms with E-state index in [1.165, 1.54) is 25.7 Å². The lowest BCUT2D eigenvalue weighted by molar-refractivity contribution is 0.531. The minimum absolute atomic E-state index is 0.466. The van der Waals surface area contributed by atoms with Gasteiger partial charge in [0.1, 0.15) is 0 Å². The largest absolute Gasteiger partial charge is 0.122 e. The van der Waals surface area contributed by atoms with Crippen LogP contribution in [0.2, 0.25) is 0 Å². The van der Waals surface area contributed by atoms with Gasteiger partial charge in [0.2, 0.25) is 0 Å². The lowest BCUT2D eigenvalue weighted by Crippen LogP contribution is -2.06. The van der Waals surface area contributed by atoms with E-state index >= 15 is 0 Å². The monoisotopic (exact) mass is 129 g/mol. The van der Waals surface area contributed by atoms with Crippen LogP contribution in [-0.4, -0.2) is 5.38 Å². The molecule has 0 saturated heterocycles. The van der Waals surface area contributed by atoms with Gasteiger partial charge in [-0.05, 0) is 37.5 Å². The van der Waals surface area contributed by atoms with E-state index in [0.29, 0.717) is 5.38 Å². The van der Waals surface area contributed by atoms with Crippen molar-refractivity contribution in [3.8, 4) is 0 Å². The van der Waals surface area contributed by atoms with Crippen molar-refractivity contribution >= 4 is 11.6 Å². The summed E-state index contributed by atoms with van der Waals surface area (Å²) in [4.78, 5) is 0. The maximum atomic E-state index is 5.97. The van der Waals surface area contributed by atoms with Gasteiger partial charge >= 0.3 is 0 Å². The number of halogens is 1. The fourth-order valence-corrected chi connectivity index (χ4v) is 2.36. The molecule has 2 unspecified atom stereocenters. The third kappa shape index (κ3) is 0.589. The minimum Gasteiger partial charge on any atom is -0.122 e. The molecule has 8 heavy (non-hydrogen) atoms. The van der Waals surface area contributed by atoms with Gasteiger partial charge in [0, 0.05) is 5.38 Å². The molecular weight excluding hydrogens is 120 g/mol. The van der Waals surface area contributed by atoms with Gasteiger partial charge in [0.15, 0.2) is 0 Å². The molecule has 0 heterocycles. The summed E-state index contributed by atoms with van der Waals surface area (Å²) in [5.41, 5.74) is 0. The van der Waals surface area contributed by atoms with Crippen molar-refractivity contribution in [3.63, 3.8) is 0 Å². The third-order valence-corrected chi connectivity index (χ3v) is 2.89. The molecule has 2 saturated carbocycles. The molecule has 2 rings (SSSR count).